The highest BCUT2D eigenvalue weighted by molar-refractivity contribution is 7.85. The fraction of sp³-hybridized carbons (Fsp3) is 1.00. The predicted octanol–water partition coefficient (Wildman–Crippen LogP) is 6.47. The fourth-order valence-corrected chi connectivity index (χ4v) is 3.53. The van der Waals surface area contributed by atoms with Crippen LogP contribution in [0.25, 0.3) is 0 Å². The third kappa shape index (κ3) is 20.0. The van der Waals surface area contributed by atoms with Crippen LogP contribution in [0.4, 0.5) is 0 Å². The zero-order valence-electron chi connectivity index (χ0n) is 16.5. The van der Waals surface area contributed by atoms with Gasteiger partial charge in [0.15, 0.2) is 0 Å². The Morgan fingerprint density at radius 1 is 0.708 bits per heavy atom. The highest BCUT2D eigenvalue weighted by Crippen LogP contribution is 2.18. The summed E-state index contributed by atoms with van der Waals surface area (Å²) < 4.78 is 26.4. The van der Waals surface area contributed by atoms with Gasteiger partial charge in [-0.1, -0.05) is 104 Å². The number of rotatable bonds is 18. The van der Waals surface area contributed by atoms with Crippen molar-refractivity contribution in [2.24, 2.45) is 5.92 Å². The highest BCUT2D eigenvalue weighted by Gasteiger charge is 2.03. The molecular formula is C20H42O3S. The Morgan fingerprint density at radius 2 is 1.12 bits per heavy atom. The number of hydrogen-bond donors (Lipinski definition) is 0. The maximum Gasteiger partial charge on any atom is 0.264 e. The molecule has 1 atom stereocenters. The second-order valence-corrected chi connectivity index (χ2v) is 9.10. The SMILES string of the molecule is CCCCCCCCCCCC(C)CCCCCCOS(C)(=O)=O. The molecule has 0 rings (SSSR count). The lowest BCUT2D eigenvalue weighted by Gasteiger charge is -2.11. The monoisotopic (exact) mass is 362 g/mol. The van der Waals surface area contributed by atoms with E-state index in [1.54, 1.807) is 0 Å². The Balaban J connectivity index is 3.22. The van der Waals surface area contributed by atoms with Gasteiger partial charge in [-0.2, -0.15) is 8.42 Å². The molecule has 0 amide bonds. The van der Waals surface area contributed by atoms with E-state index in [4.69, 9.17) is 4.18 Å². The Kier molecular flexibility index (Phi) is 16.3. The van der Waals surface area contributed by atoms with Gasteiger partial charge in [-0.15, -0.1) is 0 Å². The average molecular weight is 363 g/mol. The van der Waals surface area contributed by atoms with E-state index in [1.165, 1.54) is 83.5 Å². The lowest BCUT2D eigenvalue weighted by Crippen LogP contribution is -2.04. The van der Waals surface area contributed by atoms with Gasteiger partial charge >= 0.3 is 0 Å². The van der Waals surface area contributed by atoms with Crippen LogP contribution in [0.15, 0.2) is 0 Å². The van der Waals surface area contributed by atoms with Crippen LogP contribution in [0.1, 0.15) is 110 Å². The lowest BCUT2D eigenvalue weighted by atomic mass is 9.96. The Bertz CT molecular complexity index is 352. The summed E-state index contributed by atoms with van der Waals surface area (Å²) in [7, 11) is -3.25. The first kappa shape index (κ1) is 23.9. The van der Waals surface area contributed by atoms with E-state index >= 15 is 0 Å². The largest absolute Gasteiger partial charge is 0.270 e. The van der Waals surface area contributed by atoms with Gasteiger partial charge < -0.3 is 0 Å². The van der Waals surface area contributed by atoms with Crippen LogP contribution >= 0.6 is 0 Å². The van der Waals surface area contributed by atoms with Crippen molar-refractivity contribution in [2.45, 2.75) is 110 Å². The van der Waals surface area contributed by atoms with Gasteiger partial charge in [-0.05, 0) is 12.3 Å². The maximum atomic E-state index is 10.8. The number of unbranched alkanes of at least 4 members (excludes halogenated alkanes) is 11. The zero-order chi connectivity index (χ0) is 18.1. The van der Waals surface area contributed by atoms with Gasteiger partial charge in [0.25, 0.3) is 10.1 Å². The van der Waals surface area contributed by atoms with Crippen LogP contribution < -0.4 is 0 Å². The van der Waals surface area contributed by atoms with Gasteiger partial charge in [-0.25, -0.2) is 0 Å². The van der Waals surface area contributed by atoms with E-state index in [-0.39, 0.29) is 0 Å². The Labute approximate surface area is 152 Å². The molecule has 4 heteroatoms. The summed E-state index contributed by atoms with van der Waals surface area (Å²) in [6.45, 7) is 4.99. The molecule has 146 valence electrons. The molecule has 0 saturated heterocycles. The molecule has 0 heterocycles. The second-order valence-electron chi connectivity index (χ2n) is 7.45. The third-order valence-corrected chi connectivity index (χ3v) is 5.28. The van der Waals surface area contributed by atoms with Gasteiger partial charge in [-0.3, -0.25) is 4.18 Å². The van der Waals surface area contributed by atoms with Crippen molar-refractivity contribution in [3.8, 4) is 0 Å². The quantitative estimate of drug-likeness (QED) is 0.207. The highest BCUT2D eigenvalue weighted by atomic mass is 32.2. The van der Waals surface area contributed by atoms with E-state index in [2.05, 4.69) is 13.8 Å². The van der Waals surface area contributed by atoms with Crippen LogP contribution in [-0.2, 0) is 14.3 Å². The van der Waals surface area contributed by atoms with Crippen LogP contribution in [-0.4, -0.2) is 21.3 Å². The third-order valence-electron chi connectivity index (χ3n) is 4.69. The maximum absolute atomic E-state index is 10.8. The normalized spacial score (nSPS) is 13.3. The molecule has 0 spiro atoms. The molecule has 0 aliphatic rings. The summed E-state index contributed by atoms with van der Waals surface area (Å²) in [6, 6.07) is 0. The van der Waals surface area contributed by atoms with Crippen molar-refractivity contribution in [3.63, 3.8) is 0 Å². The van der Waals surface area contributed by atoms with E-state index in [0.29, 0.717) is 6.61 Å². The number of hydrogen-bond acceptors (Lipinski definition) is 3. The van der Waals surface area contributed by atoms with Crippen LogP contribution in [0.3, 0.4) is 0 Å². The molecule has 0 aliphatic heterocycles. The minimum atomic E-state index is -3.25. The summed E-state index contributed by atoms with van der Waals surface area (Å²) in [5.74, 6) is 0.835. The fourth-order valence-electron chi connectivity index (χ4n) is 3.11. The topological polar surface area (TPSA) is 43.4 Å². The van der Waals surface area contributed by atoms with E-state index in [9.17, 15) is 8.42 Å². The Hall–Kier alpha value is -0.0900. The molecular weight excluding hydrogens is 320 g/mol. The minimum absolute atomic E-state index is 0.340. The van der Waals surface area contributed by atoms with Crippen LogP contribution in [0.2, 0.25) is 0 Å². The van der Waals surface area contributed by atoms with Crippen molar-refractivity contribution < 1.29 is 12.6 Å². The molecule has 0 N–H and O–H groups in total. The minimum Gasteiger partial charge on any atom is -0.270 e. The first-order chi connectivity index (χ1) is 11.5. The average Bonchev–Trinajstić information content (AvgIpc) is 2.51. The summed E-state index contributed by atoms with van der Waals surface area (Å²) in [5.41, 5.74) is 0. The van der Waals surface area contributed by atoms with Crippen molar-refractivity contribution in [1.29, 1.82) is 0 Å². The van der Waals surface area contributed by atoms with Crippen LogP contribution in [0, 0.1) is 5.92 Å². The predicted molar refractivity (Wildman–Crippen MR) is 105 cm³/mol. The first-order valence-electron chi connectivity index (χ1n) is 10.3. The smallest absolute Gasteiger partial charge is 0.264 e. The molecule has 0 saturated carbocycles. The van der Waals surface area contributed by atoms with Gasteiger partial charge in [0.1, 0.15) is 0 Å². The van der Waals surface area contributed by atoms with Gasteiger partial charge in [0.05, 0.1) is 12.9 Å². The summed E-state index contributed by atoms with van der Waals surface area (Å²) in [6.07, 6.45) is 20.8. The van der Waals surface area contributed by atoms with E-state index in [1.807, 2.05) is 0 Å². The first-order valence-corrected chi connectivity index (χ1v) is 12.1. The summed E-state index contributed by atoms with van der Waals surface area (Å²) in [4.78, 5) is 0. The standard InChI is InChI=1S/C20H42O3S/c1-4-5-6-7-8-9-10-11-14-17-20(2)18-15-12-13-16-19-23-24(3,21)22/h20H,4-19H2,1-3H3. The van der Waals surface area contributed by atoms with Crippen molar-refractivity contribution in [1.82, 2.24) is 0 Å². The summed E-state index contributed by atoms with van der Waals surface area (Å²) >= 11 is 0. The second kappa shape index (κ2) is 16.4. The lowest BCUT2D eigenvalue weighted by molar-refractivity contribution is 0.308. The molecule has 0 bridgehead atoms. The van der Waals surface area contributed by atoms with Crippen molar-refractivity contribution in [3.05, 3.63) is 0 Å². The van der Waals surface area contributed by atoms with E-state index in [0.717, 1.165) is 25.0 Å². The van der Waals surface area contributed by atoms with Crippen molar-refractivity contribution >= 4 is 10.1 Å². The van der Waals surface area contributed by atoms with Crippen LogP contribution in [0.5, 0.6) is 0 Å². The Morgan fingerprint density at radius 3 is 1.58 bits per heavy atom. The van der Waals surface area contributed by atoms with Gasteiger partial charge in [0.2, 0.25) is 0 Å². The van der Waals surface area contributed by atoms with Gasteiger partial charge in [0, 0.05) is 0 Å². The molecule has 0 aromatic heterocycles. The van der Waals surface area contributed by atoms with E-state index < -0.39 is 10.1 Å². The molecule has 0 aliphatic carbocycles. The van der Waals surface area contributed by atoms with Crippen molar-refractivity contribution in [2.75, 3.05) is 12.9 Å². The molecule has 3 nitrogen and oxygen atoms in total. The molecule has 0 fully saturated rings. The summed E-state index contributed by atoms with van der Waals surface area (Å²) in [5, 5.41) is 0. The molecule has 0 aromatic rings. The molecule has 24 heavy (non-hydrogen) atoms. The molecule has 0 aromatic carbocycles. The molecule has 1 unspecified atom stereocenters. The zero-order valence-corrected chi connectivity index (χ0v) is 17.3. The molecule has 0 radical (unpaired) electrons.